The number of piperazine rings is 1. The van der Waals surface area contributed by atoms with E-state index < -0.39 is 0 Å². The van der Waals surface area contributed by atoms with Gasteiger partial charge in [0.05, 0.1) is 0 Å². The third-order valence-corrected chi connectivity index (χ3v) is 5.07. The molecule has 0 spiro atoms. The van der Waals surface area contributed by atoms with E-state index in [2.05, 4.69) is 23.6 Å². The molecule has 0 radical (unpaired) electrons. The van der Waals surface area contributed by atoms with Gasteiger partial charge in [-0.15, -0.1) is 0 Å². The molecular weight excluding hydrogens is 196 g/mol. The van der Waals surface area contributed by atoms with Gasteiger partial charge in [-0.3, -0.25) is 9.80 Å². The first-order valence-electron chi connectivity index (χ1n) is 7.29. The van der Waals surface area contributed by atoms with E-state index in [1.807, 2.05) is 0 Å². The second-order valence-corrected chi connectivity index (χ2v) is 6.16. The van der Waals surface area contributed by atoms with Gasteiger partial charge in [-0.25, -0.2) is 0 Å². The molecule has 1 saturated carbocycles. The van der Waals surface area contributed by atoms with Crippen LogP contribution in [0.1, 0.15) is 46.0 Å². The van der Waals surface area contributed by atoms with Crippen molar-refractivity contribution in [3.8, 4) is 0 Å². The Morgan fingerprint density at radius 3 is 2.81 bits per heavy atom. The molecule has 4 atom stereocenters. The Kier molecular flexibility index (Phi) is 2.97. The topological polar surface area (TPSA) is 6.48 Å². The molecule has 2 saturated heterocycles. The molecule has 4 unspecified atom stereocenters. The maximum atomic E-state index is 2.83. The number of fused-ring (bicyclic) bond motifs is 1. The molecule has 2 nitrogen and oxygen atoms in total. The van der Waals surface area contributed by atoms with Gasteiger partial charge < -0.3 is 0 Å². The molecular formula is C14H26N2. The van der Waals surface area contributed by atoms with Crippen molar-refractivity contribution >= 4 is 0 Å². The number of hydrogen-bond donors (Lipinski definition) is 0. The summed E-state index contributed by atoms with van der Waals surface area (Å²) < 4.78 is 0. The van der Waals surface area contributed by atoms with Crippen molar-refractivity contribution in [2.75, 3.05) is 19.6 Å². The molecule has 2 heteroatoms. The second-order valence-electron chi connectivity index (χ2n) is 6.16. The van der Waals surface area contributed by atoms with Gasteiger partial charge in [0.1, 0.15) is 0 Å². The average molecular weight is 222 g/mol. The Hall–Kier alpha value is -0.0800. The van der Waals surface area contributed by atoms with Crippen LogP contribution in [0.25, 0.3) is 0 Å². The number of rotatable bonds is 2. The first-order chi connectivity index (χ1) is 7.79. The van der Waals surface area contributed by atoms with Crippen LogP contribution in [0, 0.1) is 5.92 Å². The molecule has 3 rings (SSSR count). The van der Waals surface area contributed by atoms with E-state index in [0.29, 0.717) is 0 Å². The maximum absolute atomic E-state index is 2.83. The molecule has 1 aliphatic carbocycles. The minimum absolute atomic E-state index is 0.802. The smallest absolute Gasteiger partial charge is 0.0224 e. The van der Waals surface area contributed by atoms with E-state index in [4.69, 9.17) is 0 Å². The van der Waals surface area contributed by atoms with Crippen LogP contribution in [0.5, 0.6) is 0 Å². The van der Waals surface area contributed by atoms with Crippen LogP contribution in [0.15, 0.2) is 0 Å². The summed E-state index contributed by atoms with van der Waals surface area (Å²) in [5.74, 6) is 1.03. The van der Waals surface area contributed by atoms with Crippen LogP contribution < -0.4 is 0 Å². The van der Waals surface area contributed by atoms with Gasteiger partial charge in [0, 0.05) is 31.2 Å². The van der Waals surface area contributed by atoms with Gasteiger partial charge in [0.15, 0.2) is 0 Å². The van der Waals surface area contributed by atoms with E-state index >= 15 is 0 Å². The fourth-order valence-electron chi connectivity index (χ4n) is 3.91. The highest BCUT2D eigenvalue weighted by Gasteiger charge is 2.45. The Balaban J connectivity index is 1.63. The van der Waals surface area contributed by atoms with Crippen molar-refractivity contribution in [3.63, 3.8) is 0 Å². The van der Waals surface area contributed by atoms with Crippen LogP contribution in [-0.4, -0.2) is 47.6 Å². The zero-order valence-electron chi connectivity index (χ0n) is 10.9. The van der Waals surface area contributed by atoms with Crippen LogP contribution in [0.4, 0.5) is 0 Å². The van der Waals surface area contributed by atoms with Gasteiger partial charge in [-0.1, -0.05) is 19.8 Å². The Labute approximate surface area is 100.0 Å². The van der Waals surface area contributed by atoms with Gasteiger partial charge >= 0.3 is 0 Å². The fraction of sp³-hybridized carbons (Fsp3) is 1.00. The van der Waals surface area contributed by atoms with E-state index in [9.17, 15) is 0 Å². The summed E-state index contributed by atoms with van der Waals surface area (Å²) in [7, 11) is 0. The van der Waals surface area contributed by atoms with Crippen molar-refractivity contribution in [2.45, 2.75) is 64.1 Å². The van der Waals surface area contributed by atoms with E-state index in [1.54, 1.807) is 0 Å². The summed E-state index contributed by atoms with van der Waals surface area (Å²) in [6.45, 7) is 8.85. The quantitative estimate of drug-likeness (QED) is 0.707. The lowest BCUT2D eigenvalue weighted by Crippen LogP contribution is -2.59. The predicted molar refractivity (Wildman–Crippen MR) is 67.6 cm³/mol. The normalized spacial score (nSPS) is 45.4. The van der Waals surface area contributed by atoms with Gasteiger partial charge in [-0.05, 0) is 38.6 Å². The highest BCUT2D eigenvalue weighted by Crippen LogP contribution is 2.41. The summed E-state index contributed by atoms with van der Waals surface area (Å²) >= 11 is 0. The molecule has 0 amide bonds. The highest BCUT2D eigenvalue weighted by molar-refractivity contribution is 5.00. The largest absolute Gasteiger partial charge is 0.298 e. The Bertz CT molecular complexity index is 253. The molecule has 16 heavy (non-hydrogen) atoms. The van der Waals surface area contributed by atoms with Crippen LogP contribution >= 0.6 is 0 Å². The molecule has 92 valence electrons. The average Bonchev–Trinajstić information content (AvgIpc) is 3.07. The van der Waals surface area contributed by atoms with E-state index in [1.165, 1.54) is 51.7 Å². The molecule has 0 aromatic rings. The standard InChI is InChI=1S/C14H26N2/c1-3-12-8-14(12)16-10-13-6-4-5-7-15(13)9-11(16)2/h11-14H,3-10H2,1-2H3. The monoisotopic (exact) mass is 222 g/mol. The maximum Gasteiger partial charge on any atom is 0.0224 e. The zero-order valence-corrected chi connectivity index (χ0v) is 10.9. The minimum atomic E-state index is 0.802. The summed E-state index contributed by atoms with van der Waals surface area (Å²) in [5.41, 5.74) is 0. The minimum Gasteiger partial charge on any atom is -0.298 e. The summed E-state index contributed by atoms with van der Waals surface area (Å²) in [6, 6.07) is 2.64. The molecule has 0 bridgehead atoms. The Morgan fingerprint density at radius 1 is 1.19 bits per heavy atom. The van der Waals surface area contributed by atoms with Crippen LogP contribution in [0.3, 0.4) is 0 Å². The van der Waals surface area contributed by atoms with Gasteiger partial charge in [-0.2, -0.15) is 0 Å². The van der Waals surface area contributed by atoms with Crippen molar-refractivity contribution in [2.24, 2.45) is 5.92 Å². The Morgan fingerprint density at radius 2 is 2.06 bits per heavy atom. The molecule has 2 heterocycles. The second kappa shape index (κ2) is 4.30. The van der Waals surface area contributed by atoms with E-state index in [-0.39, 0.29) is 0 Å². The molecule has 0 aromatic heterocycles. The summed E-state index contributed by atoms with van der Waals surface area (Å²) in [6.07, 6.45) is 7.22. The SMILES string of the molecule is CCC1CC1N1CC2CCCCN2CC1C. The predicted octanol–water partition coefficient (Wildman–Crippen LogP) is 2.34. The van der Waals surface area contributed by atoms with Crippen molar-refractivity contribution in [3.05, 3.63) is 0 Å². The summed E-state index contributed by atoms with van der Waals surface area (Å²) in [5, 5.41) is 0. The van der Waals surface area contributed by atoms with Gasteiger partial charge in [0.25, 0.3) is 0 Å². The molecule has 0 N–H and O–H groups in total. The zero-order chi connectivity index (χ0) is 11.1. The molecule has 0 aromatic carbocycles. The first-order valence-corrected chi connectivity index (χ1v) is 7.29. The fourth-order valence-corrected chi connectivity index (χ4v) is 3.91. The highest BCUT2D eigenvalue weighted by atomic mass is 15.3. The number of piperidine rings is 1. The number of hydrogen-bond acceptors (Lipinski definition) is 2. The third-order valence-electron chi connectivity index (χ3n) is 5.07. The van der Waals surface area contributed by atoms with Crippen LogP contribution in [0.2, 0.25) is 0 Å². The molecule has 3 aliphatic rings. The third kappa shape index (κ3) is 1.91. The van der Waals surface area contributed by atoms with Gasteiger partial charge in [0.2, 0.25) is 0 Å². The van der Waals surface area contributed by atoms with Crippen molar-refractivity contribution in [1.29, 1.82) is 0 Å². The van der Waals surface area contributed by atoms with Crippen molar-refractivity contribution in [1.82, 2.24) is 9.80 Å². The lowest BCUT2D eigenvalue weighted by atomic mass is 9.97. The number of nitrogens with zero attached hydrogens (tertiary/aromatic N) is 2. The lowest BCUT2D eigenvalue weighted by molar-refractivity contribution is 0.00825. The van der Waals surface area contributed by atoms with Crippen molar-refractivity contribution < 1.29 is 0 Å². The summed E-state index contributed by atoms with van der Waals surface area (Å²) in [4.78, 5) is 5.59. The first kappa shape index (κ1) is 11.0. The lowest BCUT2D eigenvalue weighted by Gasteiger charge is -2.48. The molecule has 2 aliphatic heterocycles. The molecule has 3 fully saturated rings. The van der Waals surface area contributed by atoms with Crippen LogP contribution in [-0.2, 0) is 0 Å². The van der Waals surface area contributed by atoms with E-state index in [0.717, 1.165) is 24.0 Å².